The summed E-state index contributed by atoms with van der Waals surface area (Å²) in [4.78, 5) is 2.61. The van der Waals surface area contributed by atoms with E-state index in [2.05, 4.69) is 33.0 Å². The number of halogens is 1. The van der Waals surface area contributed by atoms with Crippen LogP contribution in [-0.4, -0.2) is 31.1 Å². The van der Waals surface area contributed by atoms with Gasteiger partial charge in [0.15, 0.2) is 0 Å². The summed E-state index contributed by atoms with van der Waals surface area (Å²) in [5.74, 6) is 1.78. The Hall–Kier alpha value is -0.580. The van der Waals surface area contributed by atoms with E-state index in [1.54, 1.807) is 7.11 Å². The van der Waals surface area contributed by atoms with Crippen molar-refractivity contribution in [1.29, 1.82) is 0 Å². The standard InChI is InChI=1S/C15H21BrN2O/c1-19-15-5-3-11(7-13(15)16)14(8-17)18-9-10-2-4-12(18)6-10/h3,5,7,10,12,14H,2,4,6,8-9,17H2,1H3. The predicted octanol–water partition coefficient (Wildman–Crippen LogP) is 2.94. The second-order valence-corrected chi connectivity index (χ2v) is 6.53. The molecule has 2 aliphatic rings. The summed E-state index contributed by atoms with van der Waals surface area (Å²) < 4.78 is 6.31. The second-order valence-electron chi connectivity index (χ2n) is 5.68. The third kappa shape index (κ3) is 2.41. The van der Waals surface area contributed by atoms with Gasteiger partial charge in [0.1, 0.15) is 5.75 Å². The van der Waals surface area contributed by atoms with Crippen LogP contribution in [0.3, 0.4) is 0 Å². The number of nitrogens with two attached hydrogens (primary N) is 1. The molecule has 1 aromatic rings. The van der Waals surface area contributed by atoms with Gasteiger partial charge in [-0.25, -0.2) is 0 Å². The minimum Gasteiger partial charge on any atom is -0.496 e. The van der Waals surface area contributed by atoms with Crippen molar-refractivity contribution >= 4 is 15.9 Å². The van der Waals surface area contributed by atoms with E-state index < -0.39 is 0 Å². The first-order chi connectivity index (χ1) is 9.22. The van der Waals surface area contributed by atoms with Gasteiger partial charge < -0.3 is 10.5 Å². The molecule has 104 valence electrons. The molecule has 0 spiro atoms. The lowest BCUT2D eigenvalue weighted by Crippen LogP contribution is -2.39. The van der Waals surface area contributed by atoms with Gasteiger partial charge in [-0.05, 0) is 58.8 Å². The Labute approximate surface area is 123 Å². The molecule has 1 heterocycles. The van der Waals surface area contributed by atoms with Crippen LogP contribution in [0.25, 0.3) is 0 Å². The zero-order valence-corrected chi connectivity index (χ0v) is 12.9. The summed E-state index contributed by atoms with van der Waals surface area (Å²) in [7, 11) is 1.69. The topological polar surface area (TPSA) is 38.5 Å². The average Bonchev–Trinajstić information content (AvgIpc) is 3.02. The molecule has 19 heavy (non-hydrogen) atoms. The Morgan fingerprint density at radius 2 is 2.32 bits per heavy atom. The number of likely N-dealkylation sites (tertiary alicyclic amines) is 1. The SMILES string of the molecule is COc1ccc(C(CN)N2CC3CCC2C3)cc1Br. The highest BCUT2D eigenvalue weighted by Gasteiger charge is 2.40. The smallest absolute Gasteiger partial charge is 0.133 e. The van der Waals surface area contributed by atoms with Gasteiger partial charge in [0.05, 0.1) is 11.6 Å². The number of benzene rings is 1. The highest BCUT2D eigenvalue weighted by atomic mass is 79.9. The first-order valence-corrected chi connectivity index (χ1v) is 7.81. The number of ether oxygens (including phenoxy) is 1. The molecule has 0 aromatic heterocycles. The number of hydrogen-bond acceptors (Lipinski definition) is 3. The van der Waals surface area contributed by atoms with Gasteiger partial charge in [0.25, 0.3) is 0 Å². The van der Waals surface area contributed by atoms with Gasteiger partial charge in [0, 0.05) is 25.2 Å². The van der Waals surface area contributed by atoms with Crippen LogP contribution in [0.1, 0.15) is 30.9 Å². The largest absolute Gasteiger partial charge is 0.496 e. The van der Waals surface area contributed by atoms with Crippen LogP contribution in [0, 0.1) is 5.92 Å². The molecular formula is C15H21BrN2O. The molecule has 3 nitrogen and oxygen atoms in total. The maximum absolute atomic E-state index is 6.05. The summed E-state index contributed by atoms with van der Waals surface area (Å²) in [6.45, 7) is 1.90. The lowest BCUT2D eigenvalue weighted by molar-refractivity contribution is 0.153. The predicted molar refractivity (Wildman–Crippen MR) is 80.3 cm³/mol. The van der Waals surface area contributed by atoms with Crippen LogP contribution < -0.4 is 10.5 Å². The van der Waals surface area contributed by atoms with E-state index in [0.717, 1.165) is 22.2 Å². The van der Waals surface area contributed by atoms with Crippen LogP contribution in [0.4, 0.5) is 0 Å². The molecule has 0 amide bonds. The molecule has 1 saturated heterocycles. The summed E-state index contributed by atoms with van der Waals surface area (Å²) in [6, 6.07) is 7.42. The zero-order valence-electron chi connectivity index (χ0n) is 11.3. The van der Waals surface area contributed by atoms with Crippen LogP contribution in [0.5, 0.6) is 5.75 Å². The first-order valence-electron chi connectivity index (χ1n) is 7.02. The summed E-state index contributed by atoms with van der Waals surface area (Å²) >= 11 is 3.57. The molecule has 1 saturated carbocycles. The Kier molecular flexibility index (Phi) is 3.83. The molecule has 0 radical (unpaired) electrons. The number of methoxy groups -OCH3 is 1. The number of fused-ring (bicyclic) bond motifs is 2. The summed E-state index contributed by atoms with van der Waals surface area (Å²) in [5.41, 5.74) is 7.34. The Morgan fingerprint density at radius 1 is 1.47 bits per heavy atom. The Balaban J connectivity index is 1.84. The lowest BCUT2D eigenvalue weighted by Gasteiger charge is -2.34. The highest BCUT2D eigenvalue weighted by molar-refractivity contribution is 9.10. The van der Waals surface area contributed by atoms with E-state index in [1.165, 1.54) is 31.4 Å². The first kappa shape index (κ1) is 13.4. The normalized spacial score (nSPS) is 27.7. The van der Waals surface area contributed by atoms with Crippen molar-refractivity contribution in [3.05, 3.63) is 28.2 Å². The maximum Gasteiger partial charge on any atom is 0.133 e. The molecule has 1 aromatic carbocycles. The third-order valence-electron chi connectivity index (χ3n) is 4.64. The van der Waals surface area contributed by atoms with E-state index in [-0.39, 0.29) is 0 Å². The van der Waals surface area contributed by atoms with Crippen molar-refractivity contribution in [2.75, 3.05) is 20.2 Å². The van der Waals surface area contributed by atoms with Gasteiger partial charge in [-0.1, -0.05) is 6.07 Å². The molecule has 4 heteroatoms. The Morgan fingerprint density at radius 3 is 2.84 bits per heavy atom. The van der Waals surface area contributed by atoms with Gasteiger partial charge in [-0.3, -0.25) is 4.90 Å². The fraction of sp³-hybridized carbons (Fsp3) is 0.600. The molecule has 2 N–H and O–H groups in total. The number of hydrogen-bond donors (Lipinski definition) is 1. The van der Waals surface area contributed by atoms with Crippen LogP contribution in [-0.2, 0) is 0 Å². The van der Waals surface area contributed by atoms with Crippen LogP contribution in [0.15, 0.2) is 22.7 Å². The van der Waals surface area contributed by atoms with Gasteiger partial charge >= 0.3 is 0 Å². The van der Waals surface area contributed by atoms with E-state index in [0.29, 0.717) is 12.6 Å². The monoisotopic (exact) mass is 324 g/mol. The molecule has 2 bridgehead atoms. The van der Waals surface area contributed by atoms with Crippen molar-refractivity contribution in [2.45, 2.75) is 31.3 Å². The molecule has 2 fully saturated rings. The van der Waals surface area contributed by atoms with Crippen molar-refractivity contribution < 1.29 is 4.74 Å². The fourth-order valence-corrected chi connectivity index (χ4v) is 4.26. The van der Waals surface area contributed by atoms with E-state index in [1.807, 2.05) is 6.07 Å². The highest BCUT2D eigenvalue weighted by Crippen LogP contribution is 2.42. The molecule has 1 aliphatic heterocycles. The third-order valence-corrected chi connectivity index (χ3v) is 5.26. The summed E-state index contributed by atoms with van der Waals surface area (Å²) in [5, 5.41) is 0. The number of nitrogens with zero attached hydrogens (tertiary/aromatic N) is 1. The molecule has 3 atom stereocenters. The lowest BCUT2D eigenvalue weighted by atomic mass is 10.0. The molecular weight excluding hydrogens is 304 g/mol. The molecule has 3 rings (SSSR count). The van der Waals surface area contributed by atoms with E-state index >= 15 is 0 Å². The van der Waals surface area contributed by atoms with Crippen molar-refractivity contribution in [1.82, 2.24) is 4.90 Å². The van der Waals surface area contributed by atoms with E-state index in [9.17, 15) is 0 Å². The van der Waals surface area contributed by atoms with Crippen LogP contribution >= 0.6 is 15.9 Å². The minimum atomic E-state index is 0.345. The second kappa shape index (κ2) is 5.43. The number of piperidine rings is 1. The van der Waals surface area contributed by atoms with Crippen molar-refractivity contribution in [2.24, 2.45) is 11.7 Å². The van der Waals surface area contributed by atoms with Crippen molar-refractivity contribution in [3.8, 4) is 5.75 Å². The average molecular weight is 325 g/mol. The molecule has 3 unspecified atom stereocenters. The van der Waals surface area contributed by atoms with Gasteiger partial charge in [-0.15, -0.1) is 0 Å². The maximum atomic E-state index is 6.05. The van der Waals surface area contributed by atoms with E-state index in [4.69, 9.17) is 10.5 Å². The minimum absolute atomic E-state index is 0.345. The van der Waals surface area contributed by atoms with Crippen LogP contribution in [0.2, 0.25) is 0 Å². The van der Waals surface area contributed by atoms with Gasteiger partial charge in [0.2, 0.25) is 0 Å². The quantitative estimate of drug-likeness (QED) is 0.925. The van der Waals surface area contributed by atoms with Crippen molar-refractivity contribution in [3.63, 3.8) is 0 Å². The fourth-order valence-electron chi connectivity index (χ4n) is 3.70. The Bertz CT molecular complexity index is 465. The molecule has 1 aliphatic carbocycles. The van der Waals surface area contributed by atoms with Gasteiger partial charge in [-0.2, -0.15) is 0 Å². The zero-order chi connectivity index (χ0) is 13.4. The summed E-state index contributed by atoms with van der Waals surface area (Å²) in [6.07, 6.45) is 4.12. The number of rotatable bonds is 4.